The minimum absolute atomic E-state index is 0.0824. The first kappa shape index (κ1) is 15.4. The summed E-state index contributed by atoms with van der Waals surface area (Å²) in [5.74, 6) is 1.87. The standard InChI is InChI=1S/C15H19NO2S2/c1-20(17,18)10-14-5-3-13(4-6-14)9-19-12-15(11-16)7-2-8-15/h3-6H,2,7-10,12H2,1H3. The zero-order valence-electron chi connectivity index (χ0n) is 11.6. The van der Waals surface area contributed by atoms with E-state index in [1.807, 2.05) is 24.3 Å². The van der Waals surface area contributed by atoms with Crippen LogP contribution in [-0.2, 0) is 21.3 Å². The molecule has 1 fully saturated rings. The summed E-state index contributed by atoms with van der Waals surface area (Å²) in [4.78, 5) is 0. The van der Waals surface area contributed by atoms with Crippen molar-refractivity contribution in [2.45, 2.75) is 30.8 Å². The van der Waals surface area contributed by atoms with Gasteiger partial charge < -0.3 is 0 Å². The number of hydrogen-bond acceptors (Lipinski definition) is 4. The van der Waals surface area contributed by atoms with Gasteiger partial charge in [-0.1, -0.05) is 30.7 Å². The Morgan fingerprint density at radius 3 is 2.30 bits per heavy atom. The highest BCUT2D eigenvalue weighted by atomic mass is 32.2. The first-order chi connectivity index (χ1) is 9.42. The van der Waals surface area contributed by atoms with Crippen LogP contribution in [0.15, 0.2) is 24.3 Å². The number of benzene rings is 1. The molecule has 0 saturated heterocycles. The molecule has 0 N–H and O–H groups in total. The maximum atomic E-state index is 11.2. The van der Waals surface area contributed by atoms with Gasteiger partial charge in [0.15, 0.2) is 9.84 Å². The molecule has 1 aromatic carbocycles. The largest absolute Gasteiger partial charge is 0.229 e. The SMILES string of the molecule is CS(=O)(=O)Cc1ccc(CSCC2(C#N)CCC2)cc1. The van der Waals surface area contributed by atoms with Gasteiger partial charge in [0.25, 0.3) is 0 Å². The van der Waals surface area contributed by atoms with Crippen LogP contribution in [0, 0.1) is 16.7 Å². The van der Waals surface area contributed by atoms with Crippen molar-refractivity contribution in [1.29, 1.82) is 5.26 Å². The Bertz CT molecular complexity index is 596. The van der Waals surface area contributed by atoms with Crippen LogP contribution < -0.4 is 0 Å². The fraction of sp³-hybridized carbons (Fsp3) is 0.533. The van der Waals surface area contributed by atoms with Crippen molar-refractivity contribution in [2.75, 3.05) is 12.0 Å². The minimum atomic E-state index is -2.97. The first-order valence-corrected chi connectivity index (χ1v) is 9.89. The van der Waals surface area contributed by atoms with Gasteiger partial charge in [0.2, 0.25) is 0 Å². The number of nitriles is 1. The third-order valence-corrected chi connectivity index (χ3v) is 5.80. The second-order valence-electron chi connectivity index (χ2n) is 5.63. The van der Waals surface area contributed by atoms with E-state index in [4.69, 9.17) is 5.26 Å². The topological polar surface area (TPSA) is 57.9 Å². The second kappa shape index (κ2) is 6.19. The Morgan fingerprint density at radius 2 is 1.85 bits per heavy atom. The zero-order valence-corrected chi connectivity index (χ0v) is 13.3. The molecule has 2 rings (SSSR count). The van der Waals surface area contributed by atoms with Crippen molar-refractivity contribution in [1.82, 2.24) is 0 Å². The molecule has 1 aromatic rings. The summed E-state index contributed by atoms with van der Waals surface area (Å²) in [5.41, 5.74) is 1.93. The van der Waals surface area contributed by atoms with Gasteiger partial charge in [0.1, 0.15) is 0 Å². The van der Waals surface area contributed by atoms with E-state index in [9.17, 15) is 8.42 Å². The average Bonchev–Trinajstić information content (AvgIpc) is 2.33. The fourth-order valence-electron chi connectivity index (χ4n) is 2.29. The van der Waals surface area contributed by atoms with Crippen molar-refractivity contribution < 1.29 is 8.42 Å². The van der Waals surface area contributed by atoms with E-state index in [0.717, 1.165) is 29.9 Å². The van der Waals surface area contributed by atoms with E-state index in [0.29, 0.717) is 0 Å². The molecule has 0 amide bonds. The third kappa shape index (κ3) is 4.26. The van der Waals surface area contributed by atoms with Crippen molar-refractivity contribution in [3.63, 3.8) is 0 Å². The molecular formula is C15H19NO2S2. The average molecular weight is 309 g/mol. The molecule has 0 radical (unpaired) electrons. The van der Waals surface area contributed by atoms with E-state index in [1.165, 1.54) is 18.2 Å². The molecule has 3 nitrogen and oxygen atoms in total. The number of hydrogen-bond donors (Lipinski definition) is 0. The number of rotatable bonds is 6. The number of thioether (sulfide) groups is 1. The quantitative estimate of drug-likeness (QED) is 0.810. The normalized spacial score (nSPS) is 17.2. The summed E-state index contributed by atoms with van der Waals surface area (Å²) in [6, 6.07) is 10.2. The van der Waals surface area contributed by atoms with E-state index in [2.05, 4.69) is 6.07 Å². The molecule has 0 aliphatic heterocycles. The van der Waals surface area contributed by atoms with Crippen LogP contribution in [-0.4, -0.2) is 20.4 Å². The molecule has 0 atom stereocenters. The van der Waals surface area contributed by atoms with Gasteiger partial charge in [-0.25, -0.2) is 8.42 Å². The fourth-order valence-corrected chi connectivity index (χ4v) is 4.36. The Labute approximate surface area is 125 Å². The van der Waals surface area contributed by atoms with Crippen molar-refractivity contribution in [3.05, 3.63) is 35.4 Å². The molecule has 0 heterocycles. The van der Waals surface area contributed by atoms with Crippen LogP contribution in [0.4, 0.5) is 0 Å². The molecule has 0 unspecified atom stereocenters. The zero-order chi connectivity index (χ0) is 14.6. The van der Waals surface area contributed by atoms with Crippen LogP contribution in [0.3, 0.4) is 0 Å². The van der Waals surface area contributed by atoms with Crippen LogP contribution in [0.25, 0.3) is 0 Å². The Morgan fingerprint density at radius 1 is 1.25 bits per heavy atom. The van der Waals surface area contributed by atoms with Gasteiger partial charge in [-0.2, -0.15) is 17.0 Å². The number of sulfone groups is 1. The van der Waals surface area contributed by atoms with Crippen LogP contribution in [0.5, 0.6) is 0 Å². The van der Waals surface area contributed by atoms with Crippen LogP contribution in [0.1, 0.15) is 30.4 Å². The van der Waals surface area contributed by atoms with Crippen molar-refractivity contribution >= 4 is 21.6 Å². The summed E-state index contributed by atoms with van der Waals surface area (Å²) in [7, 11) is -2.97. The van der Waals surface area contributed by atoms with E-state index in [-0.39, 0.29) is 11.2 Å². The highest BCUT2D eigenvalue weighted by Gasteiger charge is 2.36. The molecule has 0 aromatic heterocycles. The molecular weight excluding hydrogens is 290 g/mol. The molecule has 1 aliphatic carbocycles. The van der Waals surface area contributed by atoms with Gasteiger partial charge in [-0.3, -0.25) is 0 Å². The molecule has 1 aliphatic rings. The summed E-state index contributed by atoms with van der Waals surface area (Å²) in [6.07, 6.45) is 4.48. The predicted octanol–water partition coefficient (Wildman–Crippen LogP) is 3.16. The molecule has 108 valence electrons. The second-order valence-corrected chi connectivity index (χ2v) is 8.75. The van der Waals surface area contributed by atoms with Crippen molar-refractivity contribution in [2.24, 2.45) is 5.41 Å². The Balaban J connectivity index is 1.84. The van der Waals surface area contributed by atoms with Gasteiger partial charge in [-0.15, -0.1) is 0 Å². The lowest BCUT2D eigenvalue weighted by Gasteiger charge is -2.34. The molecule has 20 heavy (non-hydrogen) atoms. The van der Waals surface area contributed by atoms with E-state index in [1.54, 1.807) is 11.8 Å². The third-order valence-electron chi connectivity index (χ3n) is 3.65. The molecule has 0 bridgehead atoms. The summed E-state index contributed by atoms with van der Waals surface area (Å²) in [6.45, 7) is 0. The molecule has 5 heteroatoms. The van der Waals surface area contributed by atoms with Crippen LogP contribution in [0.2, 0.25) is 0 Å². The molecule has 1 saturated carbocycles. The predicted molar refractivity (Wildman–Crippen MR) is 83.0 cm³/mol. The van der Waals surface area contributed by atoms with Gasteiger partial charge >= 0.3 is 0 Å². The van der Waals surface area contributed by atoms with Crippen LogP contribution >= 0.6 is 11.8 Å². The van der Waals surface area contributed by atoms with Crippen molar-refractivity contribution in [3.8, 4) is 6.07 Å². The summed E-state index contributed by atoms with van der Waals surface area (Å²) in [5, 5.41) is 9.16. The Kier molecular flexibility index (Phi) is 4.77. The highest BCUT2D eigenvalue weighted by molar-refractivity contribution is 7.98. The first-order valence-electron chi connectivity index (χ1n) is 6.67. The van der Waals surface area contributed by atoms with Gasteiger partial charge in [-0.05, 0) is 24.0 Å². The maximum Gasteiger partial charge on any atom is 0.151 e. The highest BCUT2D eigenvalue weighted by Crippen LogP contribution is 2.43. The lowest BCUT2D eigenvalue weighted by atomic mass is 9.72. The summed E-state index contributed by atoms with van der Waals surface area (Å²) >= 11 is 1.79. The monoisotopic (exact) mass is 309 g/mol. The maximum absolute atomic E-state index is 11.2. The molecule has 0 spiro atoms. The smallest absolute Gasteiger partial charge is 0.151 e. The minimum Gasteiger partial charge on any atom is -0.229 e. The summed E-state index contributed by atoms with van der Waals surface area (Å²) < 4.78 is 22.4. The van der Waals surface area contributed by atoms with E-state index < -0.39 is 9.84 Å². The lowest BCUT2D eigenvalue weighted by molar-refractivity contribution is 0.252. The lowest BCUT2D eigenvalue weighted by Crippen LogP contribution is -2.30. The van der Waals surface area contributed by atoms with Gasteiger partial charge in [0, 0.05) is 17.8 Å². The Hall–Kier alpha value is -0.990. The van der Waals surface area contributed by atoms with Gasteiger partial charge in [0.05, 0.1) is 17.2 Å². The van der Waals surface area contributed by atoms with E-state index >= 15 is 0 Å². The number of nitrogens with zero attached hydrogens (tertiary/aromatic N) is 1.